The van der Waals surface area contributed by atoms with E-state index in [9.17, 15) is 9.59 Å². The van der Waals surface area contributed by atoms with Crippen molar-refractivity contribution in [1.82, 2.24) is 4.90 Å². The molecule has 2 amide bonds. The van der Waals surface area contributed by atoms with Gasteiger partial charge in [-0.1, -0.05) is 66.2 Å². The summed E-state index contributed by atoms with van der Waals surface area (Å²) in [6.45, 7) is 3.95. The first-order valence-electron chi connectivity index (χ1n) is 13.2. The number of rotatable bonds is 6. The van der Waals surface area contributed by atoms with Gasteiger partial charge in [0.25, 0.3) is 5.91 Å². The molecule has 39 heavy (non-hydrogen) atoms. The fraction of sp³-hybridized carbons (Fsp3) is 0.212. The minimum absolute atomic E-state index is 0.0915. The molecule has 2 aliphatic heterocycles. The number of ether oxygens (including phenoxy) is 2. The first-order valence-corrected chi connectivity index (χ1v) is 13.2. The van der Waals surface area contributed by atoms with Gasteiger partial charge in [-0.2, -0.15) is 0 Å². The Bertz CT molecular complexity index is 1530. The molecule has 0 bridgehead atoms. The highest BCUT2D eigenvalue weighted by Crippen LogP contribution is 2.33. The second-order valence-electron chi connectivity index (χ2n) is 10.1. The predicted octanol–water partition coefficient (Wildman–Crippen LogP) is 5.70. The highest BCUT2D eigenvalue weighted by Gasteiger charge is 2.24. The van der Waals surface area contributed by atoms with Crippen molar-refractivity contribution in [2.45, 2.75) is 32.9 Å². The van der Waals surface area contributed by atoms with Crippen molar-refractivity contribution in [3.63, 3.8) is 0 Å². The van der Waals surface area contributed by atoms with Gasteiger partial charge in [-0.25, -0.2) is 0 Å². The summed E-state index contributed by atoms with van der Waals surface area (Å²) in [5.74, 6) is 1.15. The van der Waals surface area contributed by atoms with Crippen molar-refractivity contribution in [1.29, 1.82) is 0 Å². The predicted molar refractivity (Wildman–Crippen MR) is 150 cm³/mol. The summed E-state index contributed by atoms with van der Waals surface area (Å²) in [6, 6.07) is 29.5. The van der Waals surface area contributed by atoms with Crippen LogP contribution in [0.3, 0.4) is 0 Å². The molecule has 0 saturated heterocycles. The van der Waals surface area contributed by atoms with E-state index in [4.69, 9.17) is 9.47 Å². The number of hydrogen-bond donors (Lipinski definition) is 0. The number of fused-ring (bicyclic) bond motifs is 2. The molecular weight excluding hydrogens is 488 g/mol. The van der Waals surface area contributed by atoms with Gasteiger partial charge in [0.15, 0.2) is 11.5 Å². The summed E-state index contributed by atoms with van der Waals surface area (Å²) in [7, 11) is 0. The highest BCUT2D eigenvalue weighted by molar-refractivity contribution is 6.06. The number of anilines is 1. The van der Waals surface area contributed by atoms with Crippen LogP contribution in [0.2, 0.25) is 0 Å². The summed E-state index contributed by atoms with van der Waals surface area (Å²) in [5.41, 5.74) is 6.84. The molecular formula is C33H30N2O4. The minimum Gasteiger partial charge on any atom is -0.454 e. The second-order valence-corrected chi connectivity index (χ2v) is 10.1. The van der Waals surface area contributed by atoms with Crippen LogP contribution < -0.4 is 14.4 Å². The Balaban J connectivity index is 1.26. The first kappa shape index (κ1) is 24.7. The Morgan fingerprint density at radius 1 is 0.821 bits per heavy atom. The molecule has 196 valence electrons. The largest absolute Gasteiger partial charge is 0.454 e. The molecule has 2 aliphatic rings. The van der Waals surface area contributed by atoms with Crippen LogP contribution in [0.1, 0.15) is 38.2 Å². The van der Waals surface area contributed by atoms with Crippen LogP contribution in [0.25, 0.3) is 0 Å². The van der Waals surface area contributed by atoms with E-state index in [0.717, 1.165) is 35.3 Å². The van der Waals surface area contributed by atoms with E-state index in [1.807, 2.05) is 66.4 Å². The molecule has 6 nitrogen and oxygen atoms in total. The summed E-state index contributed by atoms with van der Waals surface area (Å²) >= 11 is 0. The molecule has 0 aromatic heterocycles. The van der Waals surface area contributed by atoms with Crippen molar-refractivity contribution in [3.8, 4) is 11.5 Å². The monoisotopic (exact) mass is 518 g/mol. The van der Waals surface area contributed by atoms with E-state index in [1.165, 1.54) is 11.1 Å². The highest BCUT2D eigenvalue weighted by atomic mass is 16.7. The number of hydrogen-bond acceptors (Lipinski definition) is 4. The molecule has 0 atom stereocenters. The Kier molecular flexibility index (Phi) is 6.76. The lowest BCUT2D eigenvalue weighted by atomic mass is 9.99. The molecule has 6 rings (SSSR count). The second kappa shape index (κ2) is 10.7. The third-order valence-electron chi connectivity index (χ3n) is 7.39. The molecule has 0 unspecified atom stereocenters. The molecule has 0 spiro atoms. The number of amides is 2. The third-order valence-corrected chi connectivity index (χ3v) is 7.39. The van der Waals surface area contributed by atoms with E-state index >= 15 is 0 Å². The molecule has 4 aromatic carbocycles. The Morgan fingerprint density at radius 3 is 2.46 bits per heavy atom. The van der Waals surface area contributed by atoms with Crippen LogP contribution in [0.4, 0.5) is 5.69 Å². The average Bonchev–Trinajstić information content (AvgIpc) is 3.44. The molecule has 6 heteroatoms. The van der Waals surface area contributed by atoms with Gasteiger partial charge in [-0.05, 0) is 65.9 Å². The molecule has 0 aliphatic carbocycles. The van der Waals surface area contributed by atoms with Gasteiger partial charge in [0.1, 0.15) is 0 Å². The van der Waals surface area contributed by atoms with Crippen LogP contribution >= 0.6 is 0 Å². The zero-order chi connectivity index (χ0) is 26.8. The van der Waals surface area contributed by atoms with E-state index in [0.29, 0.717) is 30.2 Å². The summed E-state index contributed by atoms with van der Waals surface area (Å²) < 4.78 is 10.9. The Morgan fingerprint density at radius 2 is 1.62 bits per heavy atom. The maximum atomic E-state index is 13.9. The third kappa shape index (κ3) is 5.36. The topological polar surface area (TPSA) is 59.1 Å². The van der Waals surface area contributed by atoms with Crippen molar-refractivity contribution in [2.75, 3.05) is 18.2 Å². The van der Waals surface area contributed by atoms with Crippen LogP contribution in [-0.4, -0.2) is 30.1 Å². The van der Waals surface area contributed by atoms with Gasteiger partial charge >= 0.3 is 0 Å². The summed E-state index contributed by atoms with van der Waals surface area (Å²) in [5, 5.41) is 0. The minimum atomic E-state index is -0.148. The van der Waals surface area contributed by atoms with Crippen molar-refractivity contribution >= 4 is 17.5 Å². The molecule has 4 aromatic rings. The van der Waals surface area contributed by atoms with E-state index in [2.05, 4.69) is 18.2 Å². The molecule has 0 N–H and O–H groups in total. The lowest BCUT2D eigenvalue weighted by Crippen LogP contribution is -2.37. The fourth-order valence-electron chi connectivity index (χ4n) is 5.17. The van der Waals surface area contributed by atoms with Gasteiger partial charge in [0.05, 0.1) is 13.0 Å². The number of nitrogens with zero attached hydrogens (tertiary/aromatic N) is 2. The quantitative estimate of drug-likeness (QED) is 0.329. The molecule has 0 fully saturated rings. The summed E-state index contributed by atoms with van der Waals surface area (Å²) in [4.78, 5) is 30.8. The van der Waals surface area contributed by atoms with Gasteiger partial charge in [0.2, 0.25) is 12.7 Å². The van der Waals surface area contributed by atoms with E-state index in [1.54, 1.807) is 23.1 Å². The van der Waals surface area contributed by atoms with Crippen molar-refractivity contribution in [2.24, 2.45) is 0 Å². The van der Waals surface area contributed by atoms with Crippen molar-refractivity contribution in [3.05, 3.63) is 124 Å². The number of aryl methyl sites for hydroxylation is 1. The van der Waals surface area contributed by atoms with Gasteiger partial charge < -0.3 is 19.3 Å². The standard InChI is InChI=1S/C33H30N2O4/c1-23-9-11-24(12-10-23)20-35(33(37)27-13-14-30-31(19-27)39-22-38-30)29-8-4-5-25(17-29)18-32(36)34-16-15-26-6-2-3-7-28(26)21-34/h2-14,17,19H,15-16,18,20-22H2,1H3. The molecule has 0 saturated carbocycles. The normalized spacial score (nSPS) is 13.6. The maximum Gasteiger partial charge on any atom is 0.258 e. The number of carbonyl (C=O) groups is 2. The number of benzene rings is 4. The molecule has 0 radical (unpaired) electrons. The van der Waals surface area contributed by atoms with Crippen molar-refractivity contribution < 1.29 is 19.1 Å². The van der Waals surface area contributed by atoms with Gasteiger partial charge in [-0.3, -0.25) is 9.59 Å². The zero-order valence-corrected chi connectivity index (χ0v) is 21.9. The maximum absolute atomic E-state index is 13.9. The molecule has 2 heterocycles. The SMILES string of the molecule is Cc1ccc(CN(C(=O)c2ccc3c(c2)OCO3)c2cccc(CC(=O)N3CCc4ccccc4C3)c2)cc1. The zero-order valence-electron chi connectivity index (χ0n) is 21.9. The first-order chi connectivity index (χ1) is 19.0. The lowest BCUT2D eigenvalue weighted by molar-refractivity contribution is -0.131. The summed E-state index contributed by atoms with van der Waals surface area (Å²) in [6.07, 6.45) is 1.16. The van der Waals surface area contributed by atoms with E-state index < -0.39 is 0 Å². The smallest absolute Gasteiger partial charge is 0.258 e. The van der Waals surface area contributed by atoms with Crippen LogP contribution in [-0.2, 0) is 30.7 Å². The Labute approximate surface area is 228 Å². The van der Waals surface area contributed by atoms with E-state index in [-0.39, 0.29) is 25.0 Å². The average molecular weight is 519 g/mol. The van der Waals surface area contributed by atoms with Gasteiger partial charge in [-0.15, -0.1) is 0 Å². The Hall–Kier alpha value is -4.58. The lowest BCUT2D eigenvalue weighted by Gasteiger charge is -2.29. The number of carbonyl (C=O) groups excluding carboxylic acids is 2. The van der Waals surface area contributed by atoms with Crippen LogP contribution in [0.5, 0.6) is 11.5 Å². The van der Waals surface area contributed by atoms with Gasteiger partial charge in [0, 0.05) is 24.3 Å². The fourth-order valence-corrected chi connectivity index (χ4v) is 5.17. The van der Waals surface area contributed by atoms with Crippen LogP contribution in [0, 0.1) is 6.92 Å². The van der Waals surface area contributed by atoms with Crippen LogP contribution in [0.15, 0.2) is 91.0 Å².